The summed E-state index contributed by atoms with van der Waals surface area (Å²) in [4.78, 5) is 3.86. The van der Waals surface area contributed by atoms with Crippen molar-refractivity contribution < 1.29 is 13.2 Å². The van der Waals surface area contributed by atoms with Crippen molar-refractivity contribution in [3.63, 3.8) is 0 Å². The van der Waals surface area contributed by atoms with E-state index in [9.17, 15) is 13.2 Å². The Morgan fingerprint density at radius 3 is 2.30 bits per heavy atom. The Morgan fingerprint density at radius 1 is 1.00 bits per heavy atom. The Balaban J connectivity index is 2.45. The number of halogens is 5. The highest BCUT2D eigenvalue weighted by Gasteiger charge is 2.14. The molecule has 0 saturated carbocycles. The predicted molar refractivity (Wildman–Crippen MR) is 71.7 cm³/mol. The molecule has 0 aliphatic rings. The van der Waals surface area contributed by atoms with E-state index in [4.69, 9.17) is 29.0 Å². The van der Waals surface area contributed by atoms with Crippen LogP contribution in [-0.4, -0.2) is 4.98 Å². The number of hydrazine groups is 1. The summed E-state index contributed by atoms with van der Waals surface area (Å²) in [5.74, 6) is 1.63. The van der Waals surface area contributed by atoms with E-state index in [0.29, 0.717) is 6.07 Å². The molecule has 2 rings (SSSR count). The number of hydrogen-bond acceptors (Lipinski definition) is 4. The lowest BCUT2D eigenvalue weighted by Crippen LogP contribution is -2.10. The van der Waals surface area contributed by atoms with Gasteiger partial charge in [-0.2, -0.15) is 0 Å². The number of nitrogens with zero attached hydrogens (tertiary/aromatic N) is 1. The van der Waals surface area contributed by atoms with E-state index in [1.165, 1.54) is 6.07 Å². The van der Waals surface area contributed by atoms with Crippen LogP contribution in [0.2, 0.25) is 10.0 Å². The summed E-state index contributed by atoms with van der Waals surface area (Å²) in [5.41, 5.74) is 1.75. The summed E-state index contributed by atoms with van der Waals surface area (Å²) < 4.78 is 39.7. The summed E-state index contributed by atoms with van der Waals surface area (Å²) in [6.45, 7) is 0. The maximum absolute atomic E-state index is 13.5. The molecule has 0 aliphatic carbocycles. The Hall–Kier alpha value is -1.70. The monoisotopic (exact) mass is 322 g/mol. The van der Waals surface area contributed by atoms with Gasteiger partial charge in [0.1, 0.15) is 5.82 Å². The molecule has 0 saturated heterocycles. The smallest absolute Gasteiger partial charge is 0.182 e. The van der Waals surface area contributed by atoms with Gasteiger partial charge in [0.2, 0.25) is 0 Å². The van der Waals surface area contributed by atoms with Crippen molar-refractivity contribution >= 4 is 40.5 Å². The molecule has 0 spiro atoms. The average molecular weight is 323 g/mol. The van der Waals surface area contributed by atoms with Crippen LogP contribution in [0.15, 0.2) is 18.2 Å². The standard InChI is InChI=1S/C11H7Cl2F3N4/c12-5-3-6(13)11(20-17)19-10(5)18-8-2-4(14)1-7(15)9(8)16/h1-3H,17H2,(H2,18,19,20). The summed E-state index contributed by atoms with van der Waals surface area (Å²) >= 11 is 11.6. The molecular formula is C11H7Cl2F3N4. The fourth-order valence-corrected chi connectivity index (χ4v) is 1.89. The zero-order valence-electron chi connectivity index (χ0n) is 9.65. The van der Waals surface area contributed by atoms with Crippen LogP contribution in [0.3, 0.4) is 0 Å². The number of anilines is 3. The van der Waals surface area contributed by atoms with Gasteiger partial charge in [-0.25, -0.2) is 24.0 Å². The molecule has 20 heavy (non-hydrogen) atoms. The van der Waals surface area contributed by atoms with Gasteiger partial charge < -0.3 is 10.7 Å². The quantitative estimate of drug-likeness (QED) is 0.456. The van der Waals surface area contributed by atoms with Crippen LogP contribution in [0.1, 0.15) is 0 Å². The molecule has 4 N–H and O–H groups in total. The molecule has 4 nitrogen and oxygen atoms in total. The number of pyridine rings is 1. The number of nitrogen functional groups attached to an aromatic ring is 1. The fraction of sp³-hybridized carbons (Fsp3) is 0. The van der Waals surface area contributed by atoms with Gasteiger partial charge >= 0.3 is 0 Å². The minimum atomic E-state index is -1.34. The third-order valence-electron chi connectivity index (χ3n) is 2.31. The lowest BCUT2D eigenvalue weighted by molar-refractivity contribution is 0.498. The number of aromatic nitrogens is 1. The van der Waals surface area contributed by atoms with Crippen LogP contribution in [0, 0.1) is 17.5 Å². The largest absolute Gasteiger partial charge is 0.336 e. The average Bonchev–Trinajstić information content (AvgIpc) is 2.38. The molecule has 0 amide bonds. The molecule has 9 heteroatoms. The van der Waals surface area contributed by atoms with E-state index < -0.39 is 23.1 Å². The summed E-state index contributed by atoms with van der Waals surface area (Å²) in [6.07, 6.45) is 0. The molecule has 0 atom stereocenters. The van der Waals surface area contributed by atoms with Crippen LogP contribution >= 0.6 is 23.2 Å². The van der Waals surface area contributed by atoms with Gasteiger partial charge in [0.15, 0.2) is 23.3 Å². The van der Waals surface area contributed by atoms with E-state index in [0.717, 1.165) is 6.07 Å². The summed E-state index contributed by atoms with van der Waals surface area (Å²) in [5, 5.41) is 2.53. The minimum Gasteiger partial charge on any atom is -0.336 e. The van der Waals surface area contributed by atoms with Crippen molar-refractivity contribution in [3.8, 4) is 0 Å². The molecule has 1 aromatic heterocycles. The molecule has 1 aromatic carbocycles. The molecule has 1 heterocycles. The van der Waals surface area contributed by atoms with Crippen LogP contribution in [0.5, 0.6) is 0 Å². The van der Waals surface area contributed by atoms with E-state index in [-0.39, 0.29) is 21.7 Å². The van der Waals surface area contributed by atoms with Gasteiger partial charge in [0.25, 0.3) is 0 Å². The number of nitrogens with one attached hydrogen (secondary N) is 2. The Labute approximate surface area is 121 Å². The van der Waals surface area contributed by atoms with Gasteiger partial charge in [-0.1, -0.05) is 23.2 Å². The fourth-order valence-electron chi connectivity index (χ4n) is 1.43. The molecule has 2 aromatic rings. The lowest BCUT2D eigenvalue weighted by Gasteiger charge is -2.11. The summed E-state index contributed by atoms with van der Waals surface area (Å²) in [7, 11) is 0. The van der Waals surface area contributed by atoms with E-state index in [1.807, 2.05) is 0 Å². The van der Waals surface area contributed by atoms with Crippen LogP contribution in [0.25, 0.3) is 0 Å². The molecular weight excluding hydrogens is 316 g/mol. The molecule has 0 bridgehead atoms. The Morgan fingerprint density at radius 2 is 1.65 bits per heavy atom. The first-order valence-electron chi connectivity index (χ1n) is 5.16. The number of rotatable bonds is 3. The maximum atomic E-state index is 13.5. The Bertz CT molecular complexity index is 667. The topological polar surface area (TPSA) is 63.0 Å². The first-order valence-corrected chi connectivity index (χ1v) is 5.92. The van der Waals surface area contributed by atoms with Crippen molar-refractivity contribution in [2.24, 2.45) is 5.84 Å². The number of hydrogen-bond donors (Lipinski definition) is 3. The lowest BCUT2D eigenvalue weighted by atomic mass is 10.2. The maximum Gasteiger partial charge on any atom is 0.182 e. The molecule has 0 radical (unpaired) electrons. The number of nitrogens with two attached hydrogens (primary N) is 1. The zero-order chi connectivity index (χ0) is 14.9. The van der Waals surface area contributed by atoms with Crippen molar-refractivity contribution in [2.75, 3.05) is 10.7 Å². The second-order valence-electron chi connectivity index (χ2n) is 3.67. The first-order chi connectivity index (χ1) is 9.42. The molecule has 0 fully saturated rings. The normalized spacial score (nSPS) is 10.5. The molecule has 106 valence electrons. The SMILES string of the molecule is NNc1nc(Nc2cc(F)cc(F)c2F)c(Cl)cc1Cl. The second-order valence-corrected chi connectivity index (χ2v) is 4.48. The van der Waals surface area contributed by atoms with Crippen LogP contribution < -0.4 is 16.6 Å². The highest BCUT2D eigenvalue weighted by Crippen LogP contribution is 2.31. The molecule has 0 unspecified atom stereocenters. The van der Waals surface area contributed by atoms with Gasteiger partial charge in [-0.15, -0.1) is 0 Å². The number of benzene rings is 1. The predicted octanol–water partition coefficient (Wildman–Crippen LogP) is 3.83. The van der Waals surface area contributed by atoms with Gasteiger partial charge in [-0.3, -0.25) is 0 Å². The third-order valence-corrected chi connectivity index (χ3v) is 2.89. The van der Waals surface area contributed by atoms with Crippen molar-refractivity contribution in [1.82, 2.24) is 4.98 Å². The van der Waals surface area contributed by atoms with Crippen molar-refractivity contribution in [2.45, 2.75) is 0 Å². The van der Waals surface area contributed by atoms with E-state index in [2.05, 4.69) is 15.7 Å². The highest BCUT2D eigenvalue weighted by molar-refractivity contribution is 6.37. The van der Waals surface area contributed by atoms with Crippen LogP contribution in [0.4, 0.5) is 30.5 Å². The van der Waals surface area contributed by atoms with E-state index >= 15 is 0 Å². The molecule has 0 aliphatic heterocycles. The third kappa shape index (κ3) is 2.90. The first kappa shape index (κ1) is 14.7. The van der Waals surface area contributed by atoms with Crippen LogP contribution in [-0.2, 0) is 0 Å². The second kappa shape index (κ2) is 5.74. The highest BCUT2D eigenvalue weighted by atomic mass is 35.5. The van der Waals surface area contributed by atoms with Gasteiger partial charge in [0, 0.05) is 12.1 Å². The van der Waals surface area contributed by atoms with Gasteiger partial charge in [-0.05, 0) is 6.07 Å². The zero-order valence-corrected chi connectivity index (χ0v) is 11.2. The Kier molecular flexibility index (Phi) is 4.22. The van der Waals surface area contributed by atoms with Crippen molar-refractivity contribution in [1.29, 1.82) is 0 Å². The summed E-state index contributed by atoms with van der Waals surface area (Å²) in [6, 6.07) is 2.48. The van der Waals surface area contributed by atoms with E-state index in [1.54, 1.807) is 0 Å². The van der Waals surface area contributed by atoms with Gasteiger partial charge in [0.05, 0.1) is 15.7 Å². The minimum absolute atomic E-state index is 0.0260. The van der Waals surface area contributed by atoms with Crippen molar-refractivity contribution in [3.05, 3.63) is 45.7 Å².